The number of nitrogens with zero attached hydrogens (tertiary/aromatic N) is 2. The molecule has 1 atom stereocenters. The van der Waals surface area contributed by atoms with Crippen LogP contribution < -0.4 is 5.32 Å². The van der Waals surface area contributed by atoms with E-state index < -0.39 is 0 Å². The van der Waals surface area contributed by atoms with Crippen molar-refractivity contribution in [2.45, 2.75) is 26.3 Å². The van der Waals surface area contributed by atoms with Gasteiger partial charge < -0.3 is 15.1 Å². The van der Waals surface area contributed by atoms with Crippen LogP contribution in [0.1, 0.15) is 25.3 Å². The Labute approximate surface area is 146 Å². The third-order valence-electron chi connectivity index (χ3n) is 5.70. The SMILES string of the molecule is CC(C(=O)N1CCC(CN(C)Cc2ccccc2)CC1)C1CNC1. The van der Waals surface area contributed by atoms with Crippen molar-refractivity contribution in [3.05, 3.63) is 35.9 Å². The molecule has 1 aromatic carbocycles. The number of carbonyl (C=O) groups is 1. The number of benzene rings is 1. The Morgan fingerprint density at radius 3 is 2.50 bits per heavy atom. The van der Waals surface area contributed by atoms with Crippen LogP contribution in [-0.2, 0) is 11.3 Å². The summed E-state index contributed by atoms with van der Waals surface area (Å²) in [6, 6.07) is 10.7. The van der Waals surface area contributed by atoms with Crippen LogP contribution in [0.15, 0.2) is 30.3 Å². The Bertz CT molecular complexity index is 521. The maximum absolute atomic E-state index is 12.6. The molecule has 0 spiro atoms. The number of hydrogen-bond donors (Lipinski definition) is 1. The summed E-state index contributed by atoms with van der Waals surface area (Å²) in [6.07, 6.45) is 2.28. The molecular weight excluding hydrogens is 298 g/mol. The Morgan fingerprint density at radius 2 is 1.92 bits per heavy atom. The minimum Gasteiger partial charge on any atom is -0.342 e. The van der Waals surface area contributed by atoms with Crippen molar-refractivity contribution in [2.24, 2.45) is 17.8 Å². The molecule has 0 bridgehead atoms. The van der Waals surface area contributed by atoms with Crippen LogP contribution in [0.25, 0.3) is 0 Å². The number of likely N-dealkylation sites (tertiary alicyclic amines) is 1. The summed E-state index contributed by atoms with van der Waals surface area (Å²) in [7, 11) is 2.20. The first-order valence-electron chi connectivity index (χ1n) is 9.35. The van der Waals surface area contributed by atoms with E-state index in [4.69, 9.17) is 0 Å². The average molecular weight is 329 g/mol. The van der Waals surface area contributed by atoms with Gasteiger partial charge in [-0.2, -0.15) is 0 Å². The standard InChI is InChI=1S/C20H31N3O/c1-16(19-12-21-13-19)20(24)23-10-8-18(9-11-23)15-22(2)14-17-6-4-3-5-7-17/h3-7,16,18-19,21H,8-15H2,1-2H3. The van der Waals surface area contributed by atoms with E-state index in [0.717, 1.165) is 52.1 Å². The molecule has 132 valence electrons. The second-order valence-electron chi connectivity index (χ2n) is 7.66. The van der Waals surface area contributed by atoms with E-state index in [1.165, 1.54) is 5.56 Å². The lowest BCUT2D eigenvalue weighted by molar-refractivity contribution is -0.138. The van der Waals surface area contributed by atoms with E-state index in [2.05, 4.69) is 59.4 Å². The van der Waals surface area contributed by atoms with Gasteiger partial charge in [-0.1, -0.05) is 37.3 Å². The van der Waals surface area contributed by atoms with Crippen molar-refractivity contribution < 1.29 is 4.79 Å². The molecule has 2 heterocycles. The van der Waals surface area contributed by atoms with Crippen molar-refractivity contribution in [1.82, 2.24) is 15.1 Å². The van der Waals surface area contributed by atoms with Gasteiger partial charge in [0, 0.05) is 32.1 Å². The lowest BCUT2D eigenvalue weighted by Gasteiger charge is -2.38. The van der Waals surface area contributed by atoms with Crippen LogP contribution in [0.3, 0.4) is 0 Å². The predicted octanol–water partition coefficient (Wildman–Crippen LogP) is 2.21. The zero-order chi connectivity index (χ0) is 16.9. The van der Waals surface area contributed by atoms with Crippen LogP contribution >= 0.6 is 0 Å². The van der Waals surface area contributed by atoms with Crippen LogP contribution in [-0.4, -0.2) is 55.5 Å². The highest BCUT2D eigenvalue weighted by Gasteiger charge is 2.33. The fraction of sp³-hybridized carbons (Fsp3) is 0.650. The molecule has 0 aliphatic carbocycles. The van der Waals surface area contributed by atoms with E-state index in [0.29, 0.717) is 17.7 Å². The molecule has 1 unspecified atom stereocenters. The van der Waals surface area contributed by atoms with Gasteiger partial charge in [0.1, 0.15) is 0 Å². The van der Waals surface area contributed by atoms with Gasteiger partial charge in [0.25, 0.3) is 0 Å². The van der Waals surface area contributed by atoms with E-state index in [1.807, 2.05) is 0 Å². The zero-order valence-electron chi connectivity index (χ0n) is 15.1. The summed E-state index contributed by atoms with van der Waals surface area (Å²) < 4.78 is 0. The second-order valence-corrected chi connectivity index (χ2v) is 7.66. The molecule has 0 aromatic heterocycles. The highest BCUT2D eigenvalue weighted by molar-refractivity contribution is 5.79. The summed E-state index contributed by atoms with van der Waals surface area (Å²) in [5, 5.41) is 3.27. The number of amides is 1. The second kappa shape index (κ2) is 8.13. The number of rotatable bonds is 6. The average Bonchev–Trinajstić information content (AvgIpc) is 2.54. The van der Waals surface area contributed by atoms with E-state index in [1.54, 1.807) is 0 Å². The molecule has 24 heavy (non-hydrogen) atoms. The van der Waals surface area contributed by atoms with Crippen molar-refractivity contribution >= 4 is 5.91 Å². The molecular formula is C20H31N3O. The molecule has 4 nitrogen and oxygen atoms in total. The molecule has 0 radical (unpaired) electrons. The van der Waals surface area contributed by atoms with E-state index in [9.17, 15) is 4.79 Å². The number of piperidine rings is 1. The smallest absolute Gasteiger partial charge is 0.225 e. The summed E-state index contributed by atoms with van der Waals surface area (Å²) in [5.41, 5.74) is 1.37. The Morgan fingerprint density at radius 1 is 1.25 bits per heavy atom. The van der Waals surface area contributed by atoms with Crippen molar-refractivity contribution in [1.29, 1.82) is 0 Å². The fourth-order valence-corrected chi connectivity index (χ4v) is 3.89. The van der Waals surface area contributed by atoms with Crippen LogP contribution in [0, 0.1) is 17.8 Å². The molecule has 0 saturated carbocycles. The van der Waals surface area contributed by atoms with Gasteiger partial charge in [-0.05, 0) is 50.4 Å². The van der Waals surface area contributed by atoms with Crippen molar-refractivity contribution in [3.63, 3.8) is 0 Å². The van der Waals surface area contributed by atoms with Crippen LogP contribution in [0.2, 0.25) is 0 Å². The highest BCUT2D eigenvalue weighted by atomic mass is 16.2. The normalized spacial score (nSPS) is 20.9. The van der Waals surface area contributed by atoms with Gasteiger partial charge in [-0.15, -0.1) is 0 Å². The fourth-order valence-electron chi connectivity index (χ4n) is 3.89. The molecule has 1 N–H and O–H groups in total. The Balaban J connectivity index is 1.40. The van der Waals surface area contributed by atoms with Gasteiger partial charge in [-0.3, -0.25) is 4.79 Å². The third kappa shape index (κ3) is 4.37. The number of hydrogen-bond acceptors (Lipinski definition) is 3. The predicted molar refractivity (Wildman–Crippen MR) is 97.6 cm³/mol. The molecule has 1 aromatic rings. The summed E-state index contributed by atoms with van der Waals surface area (Å²) in [6.45, 7) is 8.12. The highest BCUT2D eigenvalue weighted by Crippen LogP contribution is 2.23. The first kappa shape index (κ1) is 17.4. The van der Waals surface area contributed by atoms with Crippen molar-refractivity contribution in [2.75, 3.05) is 39.8 Å². The molecule has 2 aliphatic rings. The monoisotopic (exact) mass is 329 g/mol. The van der Waals surface area contributed by atoms with Gasteiger partial charge in [0.2, 0.25) is 5.91 Å². The summed E-state index contributed by atoms with van der Waals surface area (Å²) in [5.74, 6) is 1.82. The summed E-state index contributed by atoms with van der Waals surface area (Å²) >= 11 is 0. The minimum atomic E-state index is 0.184. The molecule has 4 heteroatoms. The van der Waals surface area contributed by atoms with E-state index >= 15 is 0 Å². The van der Waals surface area contributed by atoms with Gasteiger partial charge in [-0.25, -0.2) is 0 Å². The Kier molecular flexibility index (Phi) is 5.90. The maximum Gasteiger partial charge on any atom is 0.225 e. The summed E-state index contributed by atoms with van der Waals surface area (Å²) in [4.78, 5) is 17.1. The Hall–Kier alpha value is -1.39. The molecule has 2 aliphatic heterocycles. The third-order valence-corrected chi connectivity index (χ3v) is 5.70. The van der Waals surface area contributed by atoms with Crippen LogP contribution in [0.4, 0.5) is 0 Å². The van der Waals surface area contributed by atoms with Crippen LogP contribution in [0.5, 0.6) is 0 Å². The maximum atomic E-state index is 12.6. The quantitative estimate of drug-likeness (QED) is 0.869. The zero-order valence-corrected chi connectivity index (χ0v) is 15.1. The largest absolute Gasteiger partial charge is 0.342 e. The first-order chi connectivity index (χ1) is 11.6. The first-order valence-corrected chi connectivity index (χ1v) is 9.35. The topological polar surface area (TPSA) is 35.6 Å². The number of nitrogens with one attached hydrogen (secondary N) is 1. The van der Waals surface area contributed by atoms with Crippen molar-refractivity contribution in [3.8, 4) is 0 Å². The molecule has 2 fully saturated rings. The molecule has 2 saturated heterocycles. The van der Waals surface area contributed by atoms with Gasteiger partial charge in [0.05, 0.1) is 0 Å². The lowest BCUT2D eigenvalue weighted by Crippen LogP contribution is -2.51. The van der Waals surface area contributed by atoms with Gasteiger partial charge in [0.15, 0.2) is 0 Å². The molecule has 1 amide bonds. The molecule has 3 rings (SSSR count). The van der Waals surface area contributed by atoms with Gasteiger partial charge >= 0.3 is 0 Å². The number of carbonyl (C=O) groups excluding carboxylic acids is 1. The minimum absolute atomic E-state index is 0.184. The van der Waals surface area contributed by atoms with E-state index in [-0.39, 0.29) is 5.92 Å². The lowest BCUT2D eigenvalue weighted by atomic mass is 9.87.